The maximum Gasteiger partial charge on any atom is 0.0927 e. The van der Waals surface area contributed by atoms with Gasteiger partial charge in [-0.1, -0.05) is 0 Å². The Labute approximate surface area is 91.7 Å². The average Bonchev–Trinajstić information content (AvgIpc) is 1.59. The van der Waals surface area contributed by atoms with Crippen LogP contribution in [0.15, 0.2) is 0 Å². The predicted molar refractivity (Wildman–Crippen MR) is 39.4 cm³/mol. The molecule has 1 aliphatic heterocycles. The van der Waals surface area contributed by atoms with E-state index in [4.69, 9.17) is 28.8 Å². The van der Waals surface area contributed by atoms with Crippen LogP contribution >= 0.6 is 23.6 Å². The van der Waals surface area contributed by atoms with Crippen molar-refractivity contribution in [2.75, 3.05) is 20.0 Å². The van der Waals surface area contributed by atoms with Gasteiger partial charge in [-0.2, -0.15) is 13.9 Å². The molecule has 0 spiro atoms. The van der Waals surface area contributed by atoms with Crippen molar-refractivity contribution < 1.29 is 5.21 Å². The van der Waals surface area contributed by atoms with E-state index < -0.39 is 0 Å². The van der Waals surface area contributed by atoms with Crippen molar-refractivity contribution in [1.29, 1.82) is 0 Å². The minimum absolute atomic E-state index is 0. The molecule has 1 saturated heterocycles. The normalized spacial score (nSPS) is 24.3. The second kappa shape index (κ2) is 5.13. The van der Waals surface area contributed by atoms with Crippen molar-refractivity contribution in [2.45, 2.75) is 0 Å². The van der Waals surface area contributed by atoms with Crippen LogP contribution in [0.3, 0.4) is 0 Å². The molecule has 10 heavy (non-hydrogen) atoms. The Balaban J connectivity index is 0.000000810. The van der Waals surface area contributed by atoms with E-state index in [0.29, 0.717) is 20.0 Å². The summed E-state index contributed by atoms with van der Waals surface area (Å²) >= 11 is 11.0. The fourth-order valence-corrected chi connectivity index (χ4v) is 1.21. The molecule has 1 fully saturated rings. The van der Waals surface area contributed by atoms with E-state index in [9.17, 15) is 0 Å². The number of hydroxylamine groups is 2. The smallest absolute Gasteiger partial charge is 0.0927 e. The maximum absolute atomic E-state index is 8.83. The molecule has 1 radical (unpaired) electrons. The quantitative estimate of drug-likeness (QED) is 0.438. The molecular weight excluding hydrogens is 188 g/mol. The van der Waals surface area contributed by atoms with Crippen LogP contribution in [0.1, 0.15) is 0 Å². The molecule has 0 aliphatic carbocycles. The Morgan fingerprint density at radius 3 is 1.70 bits per heavy atom. The average molecular weight is 195 g/mol. The molecule has 1 heterocycles. The predicted octanol–water partition coefficient (Wildman–Crippen LogP) is 0.0945. The molecule has 1 rings (SSSR count). The number of nitrogens with zero attached hydrogens (tertiary/aromatic N) is 3. The molecule has 0 unspecified atom stereocenters. The Kier molecular flexibility index (Phi) is 5.86. The summed E-state index contributed by atoms with van der Waals surface area (Å²) in [5, 5.41) is 9.85. The molecule has 0 bridgehead atoms. The summed E-state index contributed by atoms with van der Waals surface area (Å²) in [5.74, 6) is 0. The third-order valence-corrected chi connectivity index (χ3v) is 1.37. The van der Waals surface area contributed by atoms with Crippen LogP contribution in [0.2, 0.25) is 0 Å². The third kappa shape index (κ3) is 3.71. The van der Waals surface area contributed by atoms with Gasteiger partial charge >= 0.3 is 0 Å². The van der Waals surface area contributed by atoms with E-state index in [1.165, 1.54) is 8.84 Å². The van der Waals surface area contributed by atoms with Gasteiger partial charge in [0, 0.05) is 29.6 Å². The van der Waals surface area contributed by atoms with E-state index >= 15 is 0 Å². The summed E-state index contributed by atoms with van der Waals surface area (Å²) in [6.07, 6.45) is 0. The molecule has 1 aliphatic rings. The van der Waals surface area contributed by atoms with Gasteiger partial charge in [-0.3, -0.25) is 0 Å². The second-order valence-electron chi connectivity index (χ2n) is 1.86. The molecule has 0 amide bonds. The first-order chi connectivity index (χ1) is 4.18. The molecule has 4 nitrogen and oxygen atoms in total. The van der Waals surface area contributed by atoms with Crippen molar-refractivity contribution in [2.24, 2.45) is 0 Å². The first-order valence-corrected chi connectivity index (χ1v) is 3.11. The molecule has 0 saturated carbocycles. The van der Waals surface area contributed by atoms with Crippen LogP contribution in [-0.4, -0.2) is 68.7 Å². The summed E-state index contributed by atoms with van der Waals surface area (Å²) in [4.78, 5) is 0. The Hall–Kier alpha value is 1.42. The summed E-state index contributed by atoms with van der Waals surface area (Å²) in [6.45, 7) is 1.11. The molecule has 55 valence electrons. The van der Waals surface area contributed by atoms with E-state index in [0.717, 1.165) is 5.06 Å². The van der Waals surface area contributed by atoms with E-state index in [2.05, 4.69) is 0 Å². The van der Waals surface area contributed by atoms with Crippen molar-refractivity contribution >= 4 is 53.1 Å². The summed E-state index contributed by atoms with van der Waals surface area (Å²) in [5.41, 5.74) is 0. The first kappa shape index (κ1) is 11.4. The van der Waals surface area contributed by atoms with Crippen LogP contribution in [0.25, 0.3) is 0 Å². The zero-order chi connectivity index (χ0) is 6.85. The third-order valence-electron chi connectivity index (χ3n) is 0.940. The van der Waals surface area contributed by atoms with Crippen molar-refractivity contribution in [3.63, 3.8) is 0 Å². The Morgan fingerprint density at radius 1 is 1.00 bits per heavy atom. The number of hydrogen-bond donors (Lipinski definition) is 1. The van der Waals surface area contributed by atoms with Crippen LogP contribution < -0.4 is 0 Å². The molecule has 0 aromatic rings. The number of halogens is 2. The molecule has 0 aromatic carbocycles. The van der Waals surface area contributed by atoms with Gasteiger partial charge in [0.2, 0.25) is 0 Å². The molecule has 0 aromatic heterocycles. The van der Waals surface area contributed by atoms with Gasteiger partial charge < -0.3 is 5.21 Å². The van der Waals surface area contributed by atoms with Gasteiger partial charge in [0.25, 0.3) is 0 Å². The van der Waals surface area contributed by atoms with Crippen molar-refractivity contribution in [3.05, 3.63) is 0 Å². The summed E-state index contributed by atoms with van der Waals surface area (Å²) in [7, 11) is 0. The monoisotopic (exact) mass is 194 g/mol. The zero-order valence-electron chi connectivity index (χ0n) is 5.67. The standard InChI is InChI=1S/C3H7Cl2N3O.Na/c4-6-1-7(5)3-8(9)2-6;/h9H,1-3H2;. The summed E-state index contributed by atoms with van der Waals surface area (Å²) in [6, 6.07) is 0. The molecule has 7 heteroatoms. The fraction of sp³-hybridized carbons (Fsp3) is 1.00. The minimum Gasteiger partial charge on any atom is -0.311 e. The topological polar surface area (TPSA) is 30.0 Å². The van der Waals surface area contributed by atoms with Crippen molar-refractivity contribution in [3.8, 4) is 0 Å². The van der Waals surface area contributed by atoms with Crippen LogP contribution in [0.5, 0.6) is 0 Å². The van der Waals surface area contributed by atoms with E-state index in [1.54, 1.807) is 0 Å². The zero-order valence-corrected chi connectivity index (χ0v) is 9.18. The Morgan fingerprint density at radius 2 is 1.40 bits per heavy atom. The SMILES string of the molecule is ON1CN(Cl)CN(Cl)C1.[Na]. The Bertz CT molecular complexity index is 82.7. The van der Waals surface area contributed by atoms with Crippen LogP contribution in [-0.2, 0) is 0 Å². The van der Waals surface area contributed by atoms with Crippen LogP contribution in [0, 0.1) is 0 Å². The molecular formula is C3H7Cl2N3NaO. The molecule has 0 atom stereocenters. The first-order valence-electron chi connectivity index (χ1n) is 2.44. The largest absolute Gasteiger partial charge is 0.311 e. The van der Waals surface area contributed by atoms with Gasteiger partial charge in [0.15, 0.2) is 0 Å². The van der Waals surface area contributed by atoms with Crippen LogP contribution in [0.4, 0.5) is 0 Å². The maximum atomic E-state index is 8.83. The minimum atomic E-state index is 0. The number of hydrogen-bond acceptors (Lipinski definition) is 4. The van der Waals surface area contributed by atoms with E-state index in [1.807, 2.05) is 0 Å². The van der Waals surface area contributed by atoms with Gasteiger partial charge in [-0.15, -0.1) is 0 Å². The molecule has 1 N–H and O–H groups in total. The van der Waals surface area contributed by atoms with Gasteiger partial charge in [0.05, 0.1) is 20.0 Å². The number of rotatable bonds is 0. The fourth-order valence-electron chi connectivity index (χ4n) is 0.655. The van der Waals surface area contributed by atoms with Gasteiger partial charge in [0.1, 0.15) is 0 Å². The van der Waals surface area contributed by atoms with Gasteiger partial charge in [-0.05, 0) is 23.6 Å². The van der Waals surface area contributed by atoms with Gasteiger partial charge in [-0.25, -0.2) is 0 Å². The van der Waals surface area contributed by atoms with E-state index in [-0.39, 0.29) is 29.6 Å². The second-order valence-corrected chi connectivity index (χ2v) is 2.81. The summed E-state index contributed by atoms with van der Waals surface area (Å²) < 4.78 is 2.74. The van der Waals surface area contributed by atoms with Crippen molar-refractivity contribution in [1.82, 2.24) is 13.9 Å².